The van der Waals surface area contributed by atoms with Gasteiger partial charge in [-0.05, 0) is 6.92 Å². The van der Waals surface area contributed by atoms with Crippen LogP contribution >= 0.6 is 0 Å². The first-order chi connectivity index (χ1) is 8.99. The summed E-state index contributed by atoms with van der Waals surface area (Å²) in [4.78, 5) is 22.0. The van der Waals surface area contributed by atoms with Gasteiger partial charge in [0.25, 0.3) is 0 Å². The van der Waals surface area contributed by atoms with E-state index in [-0.39, 0.29) is 12.2 Å². The normalized spacial score (nSPS) is 15.4. The zero-order chi connectivity index (χ0) is 14.5. The second kappa shape index (κ2) is 6.42. The van der Waals surface area contributed by atoms with Crippen molar-refractivity contribution in [2.45, 2.75) is 18.8 Å². The zero-order valence-corrected chi connectivity index (χ0v) is 10.7. The highest BCUT2D eigenvalue weighted by Crippen LogP contribution is 2.27. The SMILES string of the molecule is CCOC(=O)C(O)C(O)(OC)c1ccc(C=O)cc1. The Labute approximate surface area is 110 Å². The van der Waals surface area contributed by atoms with Gasteiger partial charge in [0.1, 0.15) is 6.29 Å². The standard InChI is InChI=1S/C13H16O6/c1-3-19-12(16)11(15)13(17,18-2)10-6-4-9(8-14)5-7-10/h4-8,11,15,17H,3H2,1-2H3. The Morgan fingerprint density at radius 2 is 2.00 bits per heavy atom. The van der Waals surface area contributed by atoms with Gasteiger partial charge in [0.05, 0.1) is 6.61 Å². The minimum atomic E-state index is -2.23. The Morgan fingerprint density at radius 1 is 1.42 bits per heavy atom. The molecule has 0 bridgehead atoms. The molecule has 6 nitrogen and oxygen atoms in total. The third kappa shape index (κ3) is 3.17. The molecule has 1 rings (SSSR count). The largest absolute Gasteiger partial charge is 0.464 e. The molecule has 0 heterocycles. The van der Waals surface area contributed by atoms with Crippen LogP contribution in [0.4, 0.5) is 0 Å². The van der Waals surface area contributed by atoms with Crippen LogP contribution in [0.3, 0.4) is 0 Å². The zero-order valence-electron chi connectivity index (χ0n) is 10.7. The summed E-state index contributed by atoms with van der Waals surface area (Å²) in [5.74, 6) is -3.22. The van der Waals surface area contributed by atoms with Gasteiger partial charge in [-0.15, -0.1) is 0 Å². The topological polar surface area (TPSA) is 93.1 Å². The Kier molecular flexibility index (Phi) is 5.17. The van der Waals surface area contributed by atoms with E-state index in [1.165, 1.54) is 24.3 Å². The molecule has 2 atom stereocenters. The number of aliphatic hydroxyl groups is 2. The molecule has 0 spiro atoms. The van der Waals surface area contributed by atoms with Crippen molar-refractivity contribution >= 4 is 12.3 Å². The molecule has 0 saturated heterocycles. The van der Waals surface area contributed by atoms with E-state index in [1.807, 2.05) is 0 Å². The van der Waals surface area contributed by atoms with Crippen molar-refractivity contribution in [2.24, 2.45) is 0 Å². The molecule has 0 aliphatic heterocycles. The summed E-state index contributed by atoms with van der Waals surface area (Å²) in [6.07, 6.45) is -1.25. The molecule has 2 unspecified atom stereocenters. The van der Waals surface area contributed by atoms with Crippen LogP contribution in [-0.4, -0.2) is 42.3 Å². The highest BCUT2D eigenvalue weighted by Gasteiger charge is 2.43. The Bertz CT molecular complexity index is 441. The fourth-order valence-electron chi connectivity index (χ4n) is 1.57. The molecule has 2 N–H and O–H groups in total. The molecular weight excluding hydrogens is 252 g/mol. The lowest BCUT2D eigenvalue weighted by molar-refractivity contribution is -0.254. The third-order valence-electron chi connectivity index (χ3n) is 2.65. The van der Waals surface area contributed by atoms with Crippen molar-refractivity contribution in [3.8, 4) is 0 Å². The first kappa shape index (κ1) is 15.3. The van der Waals surface area contributed by atoms with Crippen LogP contribution < -0.4 is 0 Å². The summed E-state index contributed by atoms with van der Waals surface area (Å²) >= 11 is 0. The summed E-state index contributed by atoms with van der Waals surface area (Å²) in [5.41, 5.74) is 0.536. The first-order valence-corrected chi connectivity index (χ1v) is 5.67. The summed E-state index contributed by atoms with van der Waals surface area (Å²) < 4.78 is 9.48. The predicted octanol–water partition coefficient (Wildman–Crippen LogP) is 0.215. The molecule has 0 amide bonds. The molecule has 0 fully saturated rings. The third-order valence-corrected chi connectivity index (χ3v) is 2.65. The van der Waals surface area contributed by atoms with Crippen molar-refractivity contribution in [1.29, 1.82) is 0 Å². The van der Waals surface area contributed by atoms with Crippen molar-refractivity contribution in [3.05, 3.63) is 35.4 Å². The minimum absolute atomic E-state index is 0.0692. The van der Waals surface area contributed by atoms with Gasteiger partial charge < -0.3 is 19.7 Å². The van der Waals surface area contributed by atoms with Crippen molar-refractivity contribution in [1.82, 2.24) is 0 Å². The minimum Gasteiger partial charge on any atom is -0.464 e. The molecule has 0 aliphatic carbocycles. The van der Waals surface area contributed by atoms with Gasteiger partial charge in [0.15, 0.2) is 0 Å². The maximum Gasteiger partial charge on any atom is 0.341 e. The number of aliphatic hydroxyl groups excluding tert-OH is 1. The highest BCUT2D eigenvalue weighted by atomic mass is 16.6. The molecule has 104 valence electrons. The van der Waals surface area contributed by atoms with Gasteiger partial charge in [-0.25, -0.2) is 4.79 Å². The highest BCUT2D eigenvalue weighted by molar-refractivity contribution is 5.77. The molecule has 0 aromatic heterocycles. The molecule has 1 aromatic carbocycles. The summed E-state index contributed by atoms with van der Waals surface area (Å²) in [6, 6.07) is 5.64. The molecule has 1 aromatic rings. The Balaban J connectivity index is 3.07. The van der Waals surface area contributed by atoms with Crippen LogP contribution in [0, 0.1) is 0 Å². The lowest BCUT2D eigenvalue weighted by Crippen LogP contribution is -2.47. The van der Waals surface area contributed by atoms with Crippen LogP contribution in [0.1, 0.15) is 22.8 Å². The smallest absolute Gasteiger partial charge is 0.341 e. The number of carbonyl (C=O) groups excluding carboxylic acids is 2. The van der Waals surface area contributed by atoms with Gasteiger partial charge in [-0.1, -0.05) is 24.3 Å². The summed E-state index contributed by atoms with van der Waals surface area (Å²) in [5, 5.41) is 20.1. The number of hydrogen-bond acceptors (Lipinski definition) is 6. The second-order valence-corrected chi connectivity index (χ2v) is 3.80. The van der Waals surface area contributed by atoms with E-state index in [2.05, 4.69) is 4.74 Å². The van der Waals surface area contributed by atoms with E-state index < -0.39 is 17.9 Å². The fourth-order valence-corrected chi connectivity index (χ4v) is 1.57. The number of rotatable bonds is 6. The number of aldehydes is 1. The van der Waals surface area contributed by atoms with Crippen molar-refractivity contribution in [3.63, 3.8) is 0 Å². The number of methoxy groups -OCH3 is 1. The van der Waals surface area contributed by atoms with Gasteiger partial charge in [-0.2, -0.15) is 0 Å². The number of benzene rings is 1. The number of hydrogen-bond donors (Lipinski definition) is 2. The van der Waals surface area contributed by atoms with Crippen LogP contribution in [-0.2, 0) is 20.1 Å². The monoisotopic (exact) mass is 268 g/mol. The van der Waals surface area contributed by atoms with E-state index >= 15 is 0 Å². The van der Waals surface area contributed by atoms with Crippen LogP contribution in [0.25, 0.3) is 0 Å². The number of ether oxygens (including phenoxy) is 2. The van der Waals surface area contributed by atoms with Gasteiger partial charge >= 0.3 is 5.97 Å². The summed E-state index contributed by atoms with van der Waals surface area (Å²) in [7, 11) is 1.15. The maximum atomic E-state index is 11.5. The lowest BCUT2D eigenvalue weighted by Gasteiger charge is -2.30. The van der Waals surface area contributed by atoms with Gasteiger partial charge in [0.2, 0.25) is 11.9 Å². The van der Waals surface area contributed by atoms with Crippen LogP contribution in [0.15, 0.2) is 24.3 Å². The fraction of sp³-hybridized carbons (Fsp3) is 0.385. The number of esters is 1. The quantitative estimate of drug-likeness (QED) is 0.435. The van der Waals surface area contributed by atoms with E-state index in [0.717, 1.165) is 7.11 Å². The molecule has 0 saturated carbocycles. The number of carbonyl (C=O) groups is 2. The first-order valence-electron chi connectivity index (χ1n) is 5.67. The van der Waals surface area contributed by atoms with E-state index in [9.17, 15) is 19.8 Å². The second-order valence-electron chi connectivity index (χ2n) is 3.80. The Morgan fingerprint density at radius 3 is 2.42 bits per heavy atom. The van der Waals surface area contributed by atoms with Crippen LogP contribution in [0.2, 0.25) is 0 Å². The summed E-state index contributed by atoms with van der Waals surface area (Å²) in [6.45, 7) is 1.65. The van der Waals surface area contributed by atoms with E-state index in [4.69, 9.17) is 4.74 Å². The molecular formula is C13H16O6. The average molecular weight is 268 g/mol. The molecule has 19 heavy (non-hydrogen) atoms. The predicted molar refractivity (Wildman–Crippen MR) is 65.4 cm³/mol. The lowest BCUT2D eigenvalue weighted by atomic mass is 9.99. The molecule has 6 heteroatoms. The van der Waals surface area contributed by atoms with Crippen molar-refractivity contribution in [2.75, 3.05) is 13.7 Å². The maximum absolute atomic E-state index is 11.5. The van der Waals surface area contributed by atoms with Gasteiger partial charge in [0, 0.05) is 18.2 Å². The van der Waals surface area contributed by atoms with Crippen LogP contribution in [0.5, 0.6) is 0 Å². The van der Waals surface area contributed by atoms with E-state index in [0.29, 0.717) is 11.8 Å². The average Bonchev–Trinajstić information content (AvgIpc) is 2.46. The van der Waals surface area contributed by atoms with Crippen molar-refractivity contribution < 1.29 is 29.3 Å². The van der Waals surface area contributed by atoms with E-state index in [1.54, 1.807) is 6.92 Å². The van der Waals surface area contributed by atoms with Gasteiger partial charge in [-0.3, -0.25) is 4.79 Å². The molecule has 0 aliphatic rings. The Hall–Kier alpha value is -1.76. The molecule has 0 radical (unpaired) electrons.